The number of esters is 3. The molecule has 0 aromatic carbocycles. The van der Waals surface area contributed by atoms with Crippen molar-refractivity contribution in [1.82, 2.24) is 0 Å². The highest BCUT2D eigenvalue weighted by Crippen LogP contribution is 2.22. The fraction of sp³-hybridized carbons (Fsp3) is 0.839. The Morgan fingerprint density at radius 2 is 1.02 bits per heavy atom. The second kappa shape index (κ2) is 26.8. The Kier molecular flexibility index (Phi) is 25.1. The molecule has 40 heavy (non-hydrogen) atoms. The molecule has 0 bridgehead atoms. The molecule has 0 radical (unpaired) electrons. The van der Waals surface area contributed by atoms with Gasteiger partial charge in [-0.05, 0) is 57.8 Å². The lowest BCUT2D eigenvalue weighted by Crippen LogP contribution is -2.35. The molecule has 0 fully saturated rings. The first kappa shape index (κ1) is 37.6. The van der Waals surface area contributed by atoms with Gasteiger partial charge in [0.05, 0.1) is 7.11 Å². The lowest BCUT2D eigenvalue weighted by Gasteiger charge is -2.27. The summed E-state index contributed by atoms with van der Waals surface area (Å²) in [6, 6.07) is 0. The molecule has 0 aliphatic carbocycles. The van der Waals surface area contributed by atoms with E-state index in [0.717, 1.165) is 64.1 Å². The summed E-state index contributed by atoms with van der Waals surface area (Å²) in [5.74, 6) is -1.84. The zero-order chi connectivity index (χ0) is 29.8. The minimum absolute atomic E-state index is 0.00899. The van der Waals surface area contributed by atoms with E-state index in [0.29, 0.717) is 51.4 Å². The van der Waals surface area contributed by atoms with E-state index in [2.05, 4.69) is 11.7 Å². The summed E-state index contributed by atoms with van der Waals surface area (Å²) in [4.78, 5) is 57.9. The van der Waals surface area contributed by atoms with Gasteiger partial charge in [-0.15, -0.1) is 0 Å². The van der Waals surface area contributed by atoms with Crippen LogP contribution >= 0.6 is 0 Å². The van der Waals surface area contributed by atoms with Crippen molar-refractivity contribution in [1.29, 1.82) is 0 Å². The third-order valence-electron chi connectivity index (χ3n) is 6.89. The number of aldehydes is 1. The quantitative estimate of drug-likeness (QED) is 0.0463. The number of carboxylic acids is 1. The minimum atomic E-state index is -0.892. The summed E-state index contributed by atoms with van der Waals surface area (Å²) in [6.07, 6.45) is 14.9. The Morgan fingerprint density at radius 1 is 0.600 bits per heavy atom. The van der Waals surface area contributed by atoms with Crippen molar-refractivity contribution in [2.45, 2.75) is 160 Å². The third kappa shape index (κ3) is 23.4. The lowest BCUT2D eigenvalue weighted by molar-refractivity contribution is -0.169. The van der Waals surface area contributed by atoms with Gasteiger partial charge in [-0.2, -0.15) is 0 Å². The average molecular weight is 571 g/mol. The normalized spacial score (nSPS) is 12.3. The topological polar surface area (TPSA) is 133 Å². The van der Waals surface area contributed by atoms with Crippen molar-refractivity contribution < 1.29 is 43.3 Å². The predicted molar refractivity (Wildman–Crippen MR) is 153 cm³/mol. The van der Waals surface area contributed by atoms with E-state index >= 15 is 0 Å². The first-order valence-corrected chi connectivity index (χ1v) is 15.4. The predicted octanol–water partition coefficient (Wildman–Crippen LogP) is 6.87. The fourth-order valence-corrected chi connectivity index (χ4v) is 4.51. The van der Waals surface area contributed by atoms with Crippen molar-refractivity contribution in [2.24, 2.45) is 0 Å². The second-order valence-corrected chi connectivity index (χ2v) is 10.5. The monoisotopic (exact) mass is 570 g/mol. The SMILES string of the molecule is CCCCCCCCC(OC(=O)CCCCC=O)C(CCCCCCCC(=O)OC)OC(=O)CCCCC(=O)O. The van der Waals surface area contributed by atoms with Gasteiger partial charge >= 0.3 is 23.9 Å². The van der Waals surface area contributed by atoms with Gasteiger partial charge in [0.15, 0.2) is 0 Å². The van der Waals surface area contributed by atoms with Gasteiger partial charge in [-0.1, -0.05) is 58.3 Å². The number of carbonyl (C=O) groups is 5. The van der Waals surface area contributed by atoms with Crippen LogP contribution < -0.4 is 0 Å². The van der Waals surface area contributed by atoms with E-state index in [1.807, 2.05) is 0 Å². The van der Waals surface area contributed by atoms with Crippen LogP contribution in [0.5, 0.6) is 0 Å². The molecule has 2 atom stereocenters. The first-order chi connectivity index (χ1) is 19.3. The van der Waals surface area contributed by atoms with E-state index < -0.39 is 24.1 Å². The average Bonchev–Trinajstić information content (AvgIpc) is 2.93. The van der Waals surface area contributed by atoms with Crippen LogP contribution in [0.2, 0.25) is 0 Å². The molecule has 0 spiro atoms. The standard InChI is InChI=1S/C31H54O9/c1-3-4-5-6-8-12-19-26(39-30(36)23-15-11-18-25-32)27(40-31(37)24-17-16-21-28(33)34)20-13-9-7-10-14-22-29(35)38-2/h25-27H,3-24H2,1-2H3,(H,33,34). The molecule has 0 aliphatic heterocycles. The molecular weight excluding hydrogens is 516 g/mol. The largest absolute Gasteiger partial charge is 0.481 e. The van der Waals surface area contributed by atoms with Crippen LogP contribution in [0.15, 0.2) is 0 Å². The van der Waals surface area contributed by atoms with Crippen molar-refractivity contribution >= 4 is 30.2 Å². The maximum atomic E-state index is 12.7. The Bertz CT molecular complexity index is 692. The number of aliphatic carboxylic acids is 1. The third-order valence-corrected chi connectivity index (χ3v) is 6.89. The van der Waals surface area contributed by atoms with Crippen LogP contribution in [-0.2, 0) is 38.2 Å². The minimum Gasteiger partial charge on any atom is -0.481 e. The maximum Gasteiger partial charge on any atom is 0.306 e. The summed E-state index contributed by atoms with van der Waals surface area (Å²) in [7, 11) is 1.38. The fourth-order valence-electron chi connectivity index (χ4n) is 4.51. The zero-order valence-electron chi connectivity index (χ0n) is 25.0. The van der Waals surface area contributed by atoms with Gasteiger partial charge in [-0.3, -0.25) is 19.2 Å². The Balaban J connectivity index is 5.14. The molecule has 0 saturated heterocycles. The number of carboxylic acid groups (broad SMARTS) is 1. The van der Waals surface area contributed by atoms with Gasteiger partial charge in [0, 0.05) is 32.1 Å². The highest BCUT2D eigenvalue weighted by molar-refractivity contribution is 5.71. The zero-order valence-corrected chi connectivity index (χ0v) is 25.0. The van der Waals surface area contributed by atoms with E-state index in [1.165, 1.54) is 20.0 Å². The molecular formula is C31H54O9. The molecule has 0 rings (SSSR count). The number of hydrogen-bond acceptors (Lipinski definition) is 8. The molecule has 232 valence electrons. The Labute approximate surface area is 241 Å². The molecule has 0 amide bonds. The van der Waals surface area contributed by atoms with Crippen LogP contribution in [0.1, 0.15) is 148 Å². The van der Waals surface area contributed by atoms with E-state index in [1.54, 1.807) is 0 Å². The summed E-state index contributed by atoms with van der Waals surface area (Å²) in [5.41, 5.74) is 0. The van der Waals surface area contributed by atoms with Crippen LogP contribution in [0.3, 0.4) is 0 Å². The van der Waals surface area contributed by atoms with Crippen molar-refractivity contribution in [3.05, 3.63) is 0 Å². The van der Waals surface area contributed by atoms with Crippen LogP contribution in [0.25, 0.3) is 0 Å². The van der Waals surface area contributed by atoms with Crippen molar-refractivity contribution in [3.63, 3.8) is 0 Å². The Hall–Kier alpha value is -2.45. The summed E-state index contributed by atoms with van der Waals surface area (Å²) in [5, 5.41) is 8.83. The summed E-state index contributed by atoms with van der Waals surface area (Å²) in [6.45, 7) is 2.17. The van der Waals surface area contributed by atoms with E-state index in [4.69, 9.17) is 14.6 Å². The molecule has 0 aromatic heterocycles. The van der Waals surface area contributed by atoms with E-state index in [9.17, 15) is 24.0 Å². The molecule has 0 heterocycles. The van der Waals surface area contributed by atoms with Gasteiger partial charge in [0.1, 0.15) is 18.5 Å². The first-order valence-electron chi connectivity index (χ1n) is 15.4. The van der Waals surface area contributed by atoms with Crippen LogP contribution in [-0.4, -0.2) is 54.6 Å². The Morgan fingerprint density at radius 3 is 1.52 bits per heavy atom. The number of ether oxygens (including phenoxy) is 3. The molecule has 1 N–H and O–H groups in total. The second-order valence-electron chi connectivity index (χ2n) is 10.5. The molecule has 0 saturated carbocycles. The molecule has 0 aliphatic rings. The van der Waals surface area contributed by atoms with Crippen molar-refractivity contribution in [3.8, 4) is 0 Å². The molecule has 9 nitrogen and oxygen atoms in total. The number of unbranched alkanes of at least 4 members (excludes halogenated alkanes) is 12. The number of hydrogen-bond donors (Lipinski definition) is 1. The number of methoxy groups -OCH3 is 1. The summed E-state index contributed by atoms with van der Waals surface area (Å²) < 4.78 is 16.4. The van der Waals surface area contributed by atoms with Gasteiger partial charge < -0.3 is 24.1 Å². The van der Waals surface area contributed by atoms with Crippen LogP contribution in [0, 0.1) is 0 Å². The maximum absolute atomic E-state index is 12.7. The lowest BCUT2D eigenvalue weighted by atomic mass is 9.99. The van der Waals surface area contributed by atoms with E-state index in [-0.39, 0.29) is 31.2 Å². The highest BCUT2D eigenvalue weighted by Gasteiger charge is 2.28. The smallest absolute Gasteiger partial charge is 0.306 e. The highest BCUT2D eigenvalue weighted by atomic mass is 16.6. The van der Waals surface area contributed by atoms with Gasteiger partial charge in [-0.25, -0.2) is 0 Å². The number of rotatable bonds is 28. The van der Waals surface area contributed by atoms with Crippen LogP contribution in [0.4, 0.5) is 0 Å². The summed E-state index contributed by atoms with van der Waals surface area (Å²) >= 11 is 0. The van der Waals surface area contributed by atoms with Gasteiger partial charge in [0.2, 0.25) is 0 Å². The van der Waals surface area contributed by atoms with Crippen molar-refractivity contribution in [2.75, 3.05) is 7.11 Å². The van der Waals surface area contributed by atoms with Gasteiger partial charge in [0.25, 0.3) is 0 Å². The molecule has 0 aromatic rings. The molecule has 2 unspecified atom stereocenters. The number of carbonyl (C=O) groups excluding carboxylic acids is 4. The molecule has 9 heteroatoms.